The number of para-hydroxylation sites is 1. The smallest absolute Gasteiger partial charge is 0.294 e. The molecule has 0 radical (unpaired) electrons. The Kier molecular flexibility index (Phi) is 4.74. The number of carbonyl (C=O) groups excluding carboxylic acids is 2. The summed E-state index contributed by atoms with van der Waals surface area (Å²) in [6.07, 6.45) is 0.0784. The summed E-state index contributed by atoms with van der Waals surface area (Å²) in [4.78, 5) is 35.2. The first kappa shape index (κ1) is 14.8. The Hall–Kier alpha value is -2.24. The molecule has 0 bridgehead atoms. The molecule has 19 heavy (non-hydrogen) atoms. The van der Waals surface area contributed by atoms with E-state index in [1.807, 2.05) is 0 Å². The first-order valence-electron chi connectivity index (χ1n) is 6.02. The van der Waals surface area contributed by atoms with Crippen molar-refractivity contribution in [1.82, 2.24) is 0 Å². The SMILES string of the molecule is CCC(=O)C(=O)N(CC)c1c(C)cccc1[N+](=O)[O-]. The molecule has 0 N–H and O–H groups in total. The summed E-state index contributed by atoms with van der Waals surface area (Å²) in [6, 6.07) is 4.56. The number of carbonyl (C=O) groups is 2. The third-order valence-corrected chi connectivity index (χ3v) is 2.80. The maximum Gasteiger partial charge on any atom is 0.294 e. The van der Waals surface area contributed by atoms with Crippen molar-refractivity contribution in [2.75, 3.05) is 11.4 Å². The molecule has 0 atom stereocenters. The minimum Gasteiger partial charge on any atom is -0.300 e. The van der Waals surface area contributed by atoms with Crippen molar-refractivity contribution in [3.8, 4) is 0 Å². The van der Waals surface area contributed by atoms with Gasteiger partial charge in [-0.3, -0.25) is 24.6 Å². The Bertz CT molecular complexity index is 525. The highest BCUT2D eigenvalue weighted by Gasteiger charge is 2.27. The standard InChI is InChI=1S/C13H16N2O4/c1-4-11(16)13(17)14(5-2)12-9(3)7-6-8-10(12)15(18)19/h6-8H,4-5H2,1-3H3. The Labute approximate surface area is 111 Å². The zero-order valence-corrected chi connectivity index (χ0v) is 11.2. The first-order valence-corrected chi connectivity index (χ1v) is 6.02. The molecule has 1 aromatic carbocycles. The monoisotopic (exact) mass is 264 g/mol. The van der Waals surface area contributed by atoms with Gasteiger partial charge in [0.05, 0.1) is 4.92 Å². The maximum atomic E-state index is 12.0. The molecule has 0 unspecified atom stereocenters. The lowest BCUT2D eigenvalue weighted by Gasteiger charge is -2.21. The molecule has 0 fully saturated rings. The molecule has 0 aromatic heterocycles. The first-order chi connectivity index (χ1) is 8.93. The number of nitro groups is 1. The summed E-state index contributed by atoms with van der Waals surface area (Å²) < 4.78 is 0. The lowest BCUT2D eigenvalue weighted by atomic mass is 10.1. The average Bonchev–Trinajstić information content (AvgIpc) is 2.39. The molecule has 1 amide bonds. The number of rotatable bonds is 5. The summed E-state index contributed by atoms with van der Waals surface area (Å²) >= 11 is 0. The normalized spacial score (nSPS) is 10.1. The second-order valence-corrected chi connectivity index (χ2v) is 4.03. The molecule has 0 heterocycles. The zero-order valence-electron chi connectivity index (χ0n) is 11.2. The molecule has 1 aromatic rings. The molecule has 0 aliphatic heterocycles. The highest BCUT2D eigenvalue weighted by Crippen LogP contribution is 2.31. The number of ketones is 1. The summed E-state index contributed by atoms with van der Waals surface area (Å²) in [7, 11) is 0. The van der Waals surface area contributed by atoms with Crippen LogP contribution in [0.5, 0.6) is 0 Å². The fourth-order valence-corrected chi connectivity index (χ4v) is 1.85. The maximum absolute atomic E-state index is 12.0. The number of hydrogen-bond acceptors (Lipinski definition) is 4. The fraction of sp³-hybridized carbons (Fsp3) is 0.385. The predicted octanol–water partition coefficient (Wildman–Crippen LogP) is 2.24. The van der Waals surface area contributed by atoms with Crippen molar-refractivity contribution in [1.29, 1.82) is 0 Å². The van der Waals surface area contributed by atoms with E-state index in [0.29, 0.717) is 5.56 Å². The van der Waals surface area contributed by atoms with Crippen LogP contribution < -0.4 is 4.90 Å². The van der Waals surface area contributed by atoms with Crippen molar-refractivity contribution in [2.24, 2.45) is 0 Å². The van der Waals surface area contributed by atoms with Crippen LogP contribution in [0.3, 0.4) is 0 Å². The van der Waals surface area contributed by atoms with Crippen molar-refractivity contribution in [2.45, 2.75) is 27.2 Å². The van der Waals surface area contributed by atoms with Gasteiger partial charge in [-0.2, -0.15) is 0 Å². The average molecular weight is 264 g/mol. The van der Waals surface area contributed by atoms with E-state index in [-0.39, 0.29) is 24.3 Å². The van der Waals surface area contributed by atoms with Crippen LogP contribution in [0.1, 0.15) is 25.8 Å². The Morgan fingerprint density at radius 1 is 1.32 bits per heavy atom. The number of aryl methyl sites for hydroxylation is 1. The summed E-state index contributed by atoms with van der Waals surface area (Å²) in [6.45, 7) is 5.14. The van der Waals surface area contributed by atoms with E-state index < -0.39 is 16.6 Å². The number of nitrogens with zero attached hydrogens (tertiary/aromatic N) is 2. The van der Waals surface area contributed by atoms with Crippen LogP contribution in [0.15, 0.2) is 18.2 Å². The molecule has 0 saturated carbocycles. The second-order valence-electron chi connectivity index (χ2n) is 4.03. The molecule has 6 heteroatoms. The largest absolute Gasteiger partial charge is 0.300 e. The highest BCUT2D eigenvalue weighted by molar-refractivity contribution is 6.41. The predicted molar refractivity (Wildman–Crippen MR) is 71.2 cm³/mol. The van der Waals surface area contributed by atoms with Gasteiger partial charge in [-0.25, -0.2) is 0 Å². The van der Waals surface area contributed by atoms with Gasteiger partial charge in [-0.05, 0) is 19.4 Å². The van der Waals surface area contributed by atoms with Gasteiger partial charge in [-0.15, -0.1) is 0 Å². The van der Waals surface area contributed by atoms with Crippen LogP contribution in [0.4, 0.5) is 11.4 Å². The minimum absolute atomic E-state index is 0.0784. The molecule has 0 spiro atoms. The summed E-state index contributed by atoms with van der Waals surface area (Å²) in [5.41, 5.74) is 0.620. The van der Waals surface area contributed by atoms with Gasteiger partial charge in [-0.1, -0.05) is 19.1 Å². The quantitative estimate of drug-likeness (QED) is 0.464. The van der Waals surface area contributed by atoms with Crippen molar-refractivity contribution in [3.05, 3.63) is 33.9 Å². The van der Waals surface area contributed by atoms with Gasteiger partial charge in [0.2, 0.25) is 5.78 Å². The Morgan fingerprint density at radius 2 is 1.95 bits per heavy atom. The van der Waals surface area contributed by atoms with E-state index in [9.17, 15) is 19.7 Å². The van der Waals surface area contributed by atoms with Crippen molar-refractivity contribution < 1.29 is 14.5 Å². The van der Waals surface area contributed by atoms with E-state index in [1.165, 1.54) is 11.0 Å². The second kappa shape index (κ2) is 6.08. The molecule has 102 valence electrons. The molecule has 6 nitrogen and oxygen atoms in total. The molecule has 0 aliphatic carbocycles. The number of hydrogen-bond donors (Lipinski definition) is 0. The van der Waals surface area contributed by atoms with E-state index in [0.717, 1.165) is 0 Å². The molecular formula is C13H16N2O4. The van der Waals surface area contributed by atoms with E-state index in [2.05, 4.69) is 0 Å². The Morgan fingerprint density at radius 3 is 2.42 bits per heavy atom. The lowest BCUT2D eigenvalue weighted by Crippen LogP contribution is -2.37. The van der Waals surface area contributed by atoms with Gasteiger partial charge >= 0.3 is 0 Å². The summed E-state index contributed by atoms with van der Waals surface area (Å²) in [5.74, 6) is -1.26. The van der Waals surface area contributed by atoms with Crippen LogP contribution in [-0.4, -0.2) is 23.2 Å². The molecule has 1 rings (SSSR count). The molecular weight excluding hydrogens is 248 g/mol. The van der Waals surface area contributed by atoms with Crippen LogP contribution in [0.2, 0.25) is 0 Å². The number of nitro benzene ring substituents is 1. The van der Waals surface area contributed by atoms with E-state index in [1.54, 1.807) is 32.9 Å². The number of benzene rings is 1. The van der Waals surface area contributed by atoms with E-state index in [4.69, 9.17) is 0 Å². The third kappa shape index (κ3) is 2.96. The fourth-order valence-electron chi connectivity index (χ4n) is 1.85. The van der Waals surface area contributed by atoms with Crippen LogP contribution in [-0.2, 0) is 9.59 Å². The van der Waals surface area contributed by atoms with Gasteiger partial charge in [0.25, 0.3) is 11.6 Å². The molecule has 0 saturated heterocycles. The number of likely N-dealkylation sites (N-methyl/N-ethyl adjacent to an activating group) is 1. The zero-order chi connectivity index (χ0) is 14.6. The van der Waals surface area contributed by atoms with Crippen LogP contribution >= 0.6 is 0 Å². The number of amides is 1. The topological polar surface area (TPSA) is 80.5 Å². The van der Waals surface area contributed by atoms with Gasteiger partial charge < -0.3 is 0 Å². The van der Waals surface area contributed by atoms with Crippen molar-refractivity contribution >= 4 is 23.1 Å². The van der Waals surface area contributed by atoms with Crippen LogP contribution in [0, 0.1) is 17.0 Å². The minimum atomic E-state index is -0.706. The van der Waals surface area contributed by atoms with Crippen LogP contribution in [0.25, 0.3) is 0 Å². The highest BCUT2D eigenvalue weighted by atomic mass is 16.6. The summed E-state index contributed by atoms with van der Waals surface area (Å²) in [5, 5.41) is 11.0. The molecule has 0 aliphatic rings. The Balaban J connectivity index is 3.37. The van der Waals surface area contributed by atoms with Gasteiger partial charge in [0.1, 0.15) is 5.69 Å². The lowest BCUT2D eigenvalue weighted by molar-refractivity contribution is -0.384. The van der Waals surface area contributed by atoms with Gasteiger partial charge in [0.15, 0.2) is 0 Å². The van der Waals surface area contributed by atoms with E-state index >= 15 is 0 Å². The number of anilines is 1. The third-order valence-electron chi connectivity index (χ3n) is 2.80. The van der Waals surface area contributed by atoms with Crippen molar-refractivity contribution in [3.63, 3.8) is 0 Å². The number of Topliss-reactive ketones (excluding diaryl/α,β-unsaturated/α-hetero) is 1. The van der Waals surface area contributed by atoms with Gasteiger partial charge in [0, 0.05) is 19.0 Å².